The summed E-state index contributed by atoms with van der Waals surface area (Å²) in [7, 11) is -3.41. The number of rotatable bonds is 3. The molecule has 3 rings (SSSR count). The monoisotopic (exact) mass is 338 g/mol. The summed E-state index contributed by atoms with van der Waals surface area (Å²) < 4.78 is 31.2. The normalized spacial score (nSPS) is 22.1. The molecule has 7 heteroatoms. The highest BCUT2D eigenvalue weighted by molar-refractivity contribution is 7.92. The van der Waals surface area contributed by atoms with Crippen molar-refractivity contribution in [3.8, 4) is 5.75 Å². The molecule has 126 valence electrons. The number of fused-ring (bicyclic) bond motifs is 1. The standard InChI is InChI=1S/C16H22N2O4S/c1-23(20,21)18-11-10-15(16(19)17-12-6-2-3-7-12)22-14-9-5-4-8-13(14)18/h4-5,8-9,12,15H,2-3,6-7,10-11H2,1H3,(H,17,19)/t15-/m0/s1. The van der Waals surface area contributed by atoms with E-state index in [4.69, 9.17) is 4.74 Å². The molecule has 1 aliphatic carbocycles. The van der Waals surface area contributed by atoms with Gasteiger partial charge in [0.05, 0.1) is 11.9 Å². The number of benzene rings is 1. The molecule has 2 aliphatic rings. The molecule has 1 heterocycles. The third-order valence-corrected chi connectivity index (χ3v) is 5.57. The molecule has 1 N–H and O–H groups in total. The molecule has 1 aromatic carbocycles. The number of hydrogen-bond acceptors (Lipinski definition) is 4. The summed E-state index contributed by atoms with van der Waals surface area (Å²) in [6, 6.07) is 7.16. The summed E-state index contributed by atoms with van der Waals surface area (Å²) in [5, 5.41) is 3.03. The average molecular weight is 338 g/mol. The second-order valence-corrected chi connectivity index (χ2v) is 8.09. The van der Waals surface area contributed by atoms with E-state index < -0.39 is 16.1 Å². The van der Waals surface area contributed by atoms with Crippen LogP contribution >= 0.6 is 0 Å². The SMILES string of the molecule is CS(=O)(=O)N1CC[C@@H](C(=O)NC2CCCC2)Oc2ccccc21. The zero-order valence-corrected chi connectivity index (χ0v) is 14.0. The fraction of sp³-hybridized carbons (Fsp3) is 0.562. The second kappa shape index (κ2) is 6.39. The van der Waals surface area contributed by atoms with Crippen molar-refractivity contribution in [2.24, 2.45) is 0 Å². The quantitative estimate of drug-likeness (QED) is 0.909. The van der Waals surface area contributed by atoms with Crippen molar-refractivity contribution in [2.45, 2.75) is 44.2 Å². The van der Waals surface area contributed by atoms with Crippen molar-refractivity contribution in [2.75, 3.05) is 17.1 Å². The van der Waals surface area contributed by atoms with Crippen molar-refractivity contribution in [3.63, 3.8) is 0 Å². The van der Waals surface area contributed by atoms with Gasteiger partial charge in [-0.2, -0.15) is 0 Å². The number of anilines is 1. The van der Waals surface area contributed by atoms with Gasteiger partial charge in [-0.15, -0.1) is 0 Å². The largest absolute Gasteiger partial charge is 0.478 e. The summed E-state index contributed by atoms with van der Waals surface area (Å²) in [6.07, 6.45) is 5.13. The van der Waals surface area contributed by atoms with Crippen LogP contribution in [0.1, 0.15) is 32.1 Å². The Hall–Kier alpha value is -1.76. The Bertz CT molecular complexity index is 683. The lowest BCUT2D eigenvalue weighted by atomic mass is 10.2. The number of nitrogens with one attached hydrogen (secondary N) is 1. The first-order valence-electron chi connectivity index (χ1n) is 7.99. The highest BCUT2D eigenvalue weighted by atomic mass is 32.2. The lowest BCUT2D eigenvalue weighted by Gasteiger charge is -2.20. The van der Waals surface area contributed by atoms with E-state index in [1.54, 1.807) is 24.3 Å². The number of carbonyl (C=O) groups is 1. The zero-order valence-electron chi connectivity index (χ0n) is 13.2. The molecule has 1 saturated carbocycles. The molecule has 1 atom stereocenters. The van der Waals surface area contributed by atoms with Gasteiger partial charge in [0.1, 0.15) is 5.75 Å². The lowest BCUT2D eigenvalue weighted by Crippen LogP contribution is -2.43. The fourth-order valence-corrected chi connectivity index (χ4v) is 4.17. The minimum absolute atomic E-state index is 0.151. The average Bonchev–Trinajstić information content (AvgIpc) is 2.90. The van der Waals surface area contributed by atoms with Crippen LogP contribution in [0.3, 0.4) is 0 Å². The third kappa shape index (κ3) is 3.60. The predicted molar refractivity (Wildman–Crippen MR) is 88.1 cm³/mol. The second-order valence-electron chi connectivity index (χ2n) is 6.19. The first-order chi connectivity index (χ1) is 10.9. The summed E-state index contributed by atoms with van der Waals surface area (Å²) in [5.41, 5.74) is 0.492. The van der Waals surface area contributed by atoms with Crippen LogP contribution in [0.4, 0.5) is 5.69 Å². The predicted octanol–water partition coefficient (Wildman–Crippen LogP) is 1.66. The Morgan fingerprint density at radius 1 is 1.22 bits per heavy atom. The number of hydrogen-bond donors (Lipinski definition) is 1. The number of carbonyl (C=O) groups excluding carboxylic acids is 1. The molecule has 0 saturated heterocycles. The van der Waals surface area contributed by atoms with Crippen molar-refractivity contribution < 1.29 is 17.9 Å². The van der Waals surface area contributed by atoms with Crippen LogP contribution in [-0.2, 0) is 14.8 Å². The number of sulfonamides is 1. The molecule has 23 heavy (non-hydrogen) atoms. The smallest absolute Gasteiger partial charge is 0.261 e. The van der Waals surface area contributed by atoms with Crippen molar-refractivity contribution >= 4 is 21.6 Å². The van der Waals surface area contributed by atoms with Gasteiger partial charge >= 0.3 is 0 Å². The maximum atomic E-state index is 12.5. The van der Waals surface area contributed by atoms with Gasteiger partial charge in [0.2, 0.25) is 10.0 Å². The molecular formula is C16H22N2O4S. The van der Waals surface area contributed by atoms with Crippen LogP contribution in [-0.4, -0.2) is 39.3 Å². The summed E-state index contributed by atoms with van der Waals surface area (Å²) in [6.45, 7) is 0.235. The summed E-state index contributed by atoms with van der Waals surface area (Å²) in [4.78, 5) is 12.5. The highest BCUT2D eigenvalue weighted by Crippen LogP contribution is 2.33. The molecule has 0 aromatic heterocycles. The molecule has 0 unspecified atom stereocenters. The van der Waals surface area contributed by atoms with Gasteiger partial charge in [0.15, 0.2) is 6.10 Å². The van der Waals surface area contributed by atoms with Crippen molar-refractivity contribution in [1.29, 1.82) is 0 Å². The third-order valence-electron chi connectivity index (χ3n) is 4.39. The summed E-state index contributed by atoms with van der Waals surface area (Å²) in [5.74, 6) is 0.282. The van der Waals surface area contributed by atoms with Gasteiger partial charge in [-0.25, -0.2) is 8.42 Å². The molecule has 1 aromatic rings. The van der Waals surface area contributed by atoms with Crippen molar-refractivity contribution in [1.82, 2.24) is 5.32 Å². The van der Waals surface area contributed by atoms with Gasteiger partial charge in [0.25, 0.3) is 5.91 Å². The van der Waals surface area contributed by atoms with Crippen molar-refractivity contribution in [3.05, 3.63) is 24.3 Å². The first-order valence-corrected chi connectivity index (χ1v) is 9.84. The molecule has 1 aliphatic heterocycles. The molecule has 0 spiro atoms. The molecule has 6 nitrogen and oxygen atoms in total. The van der Waals surface area contributed by atoms with Crippen LogP contribution in [0.2, 0.25) is 0 Å². The summed E-state index contributed by atoms with van der Waals surface area (Å²) >= 11 is 0. The number of ether oxygens (including phenoxy) is 1. The van der Waals surface area contributed by atoms with Gasteiger partial charge in [-0.3, -0.25) is 9.10 Å². The van der Waals surface area contributed by atoms with Crippen LogP contribution in [0, 0.1) is 0 Å². The maximum Gasteiger partial charge on any atom is 0.261 e. The van der Waals surface area contributed by atoms with Gasteiger partial charge in [0, 0.05) is 19.0 Å². The molecule has 1 fully saturated rings. The Kier molecular flexibility index (Phi) is 4.48. The van der Waals surface area contributed by atoms with E-state index in [1.165, 1.54) is 10.6 Å². The van der Waals surface area contributed by atoms with E-state index in [0.717, 1.165) is 25.7 Å². The van der Waals surface area contributed by atoms with E-state index in [2.05, 4.69) is 5.32 Å². The number of nitrogens with zero attached hydrogens (tertiary/aromatic N) is 1. The van der Waals surface area contributed by atoms with E-state index in [9.17, 15) is 13.2 Å². The van der Waals surface area contributed by atoms with E-state index in [1.807, 2.05) is 0 Å². The molecule has 1 amide bonds. The number of para-hydroxylation sites is 2. The fourth-order valence-electron chi connectivity index (χ4n) is 3.22. The molecule has 0 bridgehead atoms. The minimum Gasteiger partial charge on any atom is -0.478 e. The van der Waals surface area contributed by atoms with Crippen LogP contribution < -0.4 is 14.4 Å². The van der Waals surface area contributed by atoms with E-state index in [-0.39, 0.29) is 18.5 Å². The van der Waals surface area contributed by atoms with E-state index >= 15 is 0 Å². The maximum absolute atomic E-state index is 12.5. The van der Waals surface area contributed by atoms with Crippen LogP contribution in [0.5, 0.6) is 5.75 Å². The zero-order chi connectivity index (χ0) is 16.4. The Balaban J connectivity index is 1.81. The molecule has 0 radical (unpaired) electrons. The van der Waals surface area contributed by atoms with Gasteiger partial charge < -0.3 is 10.1 Å². The minimum atomic E-state index is -3.41. The van der Waals surface area contributed by atoms with Gasteiger partial charge in [-0.1, -0.05) is 25.0 Å². The molecular weight excluding hydrogens is 316 g/mol. The van der Waals surface area contributed by atoms with Crippen LogP contribution in [0.25, 0.3) is 0 Å². The number of amides is 1. The highest BCUT2D eigenvalue weighted by Gasteiger charge is 2.32. The topological polar surface area (TPSA) is 75.7 Å². The Morgan fingerprint density at radius 2 is 1.91 bits per heavy atom. The van der Waals surface area contributed by atoms with Crippen LogP contribution in [0.15, 0.2) is 24.3 Å². The Morgan fingerprint density at radius 3 is 2.61 bits per heavy atom. The van der Waals surface area contributed by atoms with Gasteiger partial charge in [-0.05, 0) is 25.0 Å². The van der Waals surface area contributed by atoms with E-state index in [0.29, 0.717) is 17.9 Å². The lowest BCUT2D eigenvalue weighted by molar-refractivity contribution is -0.128. The first kappa shape index (κ1) is 16.1. The Labute approximate surface area is 136 Å².